The Morgan fingerprint density at radius 2 is 1.75 bits per heavy atom. The summed E-state index contributed by atoms with van der Waals surface area (Å²) in [6, 6.07) is 8.57. The predicted octanol–water partition coefficient (Wildman–Crippen LogP) is 5.12. The van der Waals surface area contributed by atoms with Crippen LogP contribution in [0.2, 0.25) is 0 Å². The zero-order valence-corrected chi connectivity index (χ0v) is 11.5. The van der Waals surface area contributed by atoms with Crippen LogP contribution in [0.3, 0.4) is 0 Å². The minimum Gasteiger partial charge on any atom is -0.143 e. The monoisotopic (exact) mass is 236 g/mol. The first-order chi connectivity index (χ1) is 7.72. The zero-order chi connectivity index (χ0) is 11.8. The van der Waals surface area contributed by atoms with Gasteiger partial charge in [0.2, 0.25) is 0 Å². The highest BCUT2D eigenvalue weighted by atomic mass is 32.1. The Morgan fingerprint density at radius 3 is 2.38 bits per heavy atom. The first-order valence-corrected chi connectivity index (χ1v) is 6.95. The molecule has 16 heavy (non-hydrogen) atoms. The lowest BCUT2D eigenvalue weighted by molar-refractivity contribution is 0.487. The van der Waals surface area contributed by atoms with Gasteiger partial charge < -0.3 is 0 Å². The number of rotatable bonds is 7. The van der Waals surface area contributed by atoms with E-state index < -0.39 is 0 Å². The standard InChI is InChI=1S/C15H24S/c1-3-4-5-6-7-13(2)12-14-8-10-15(16)11-9-14/h8-11,13,16H,3-7,12H2,1-2H3. The van der Waals surface area contributed by atoms with Crippen molar-refractivity contribution in [3.8, 4) is 0 Å². The van der Waals surface area contributed by atoms with E-state index in [2.05, 4.69) is 50.7 Å². The van der Waals surface area contributed by atoms with Crippen molar-refractivity contribution in [3.63, 3.8) is 0 Å². The Labute approximate surface area is 106 Å². The Morgan fingerprint density at radius 1 is 1.06 bits per heavy atom. The van der Waals surface area contributed by atoms with E-state index in [-0.39, 0.29) is 0 Å². The molecule has 1 rings (SSSR count). The SMILES string of the molecule is CCCCCCC(C)Cc1ccc(S)cc1. The molecule has 1 aromatic carbocycles. The van der Waals surface area contributed by atoms with Gasteiger partial charge in [-0.2, -0.15) is 0 Å². The molecular formula is C15H24S. The highest BCUT2D eigenvalue weighted by molar-refractivity contribution is 7.80. The Balaban J connectivity index is 2.23. The second-order valence-electron chi connectivity index (χ2n) is 4.83. The summed E-state index contributed by atoms with van der Waals surface area (Å²) in [7, 11) is 0. The van der Waals surface area contributed by atoms with E-state index in [1.54, 1.807) is 0 Å². The van der Waals surface area contributed by atoms with E-state index in [4.69, 9.17) is 0 Å². The molecule has 0 heterocycles. The van der Waals surface area contributed by atoms with Crippen molar-refractivity contribution in [2.45, 2.75) is 57.3 Å². The molecule has 1 unspecified atom stereocenters. The van der Waals surface area contributed by atoms with E-state index >= 15 is 0 Å². The van der Waals surface area contributed by atoms with Crippen LogP contribution in [0.15, 0.2) is 29.2 Å². The van der Waals surface area contributed by atoms with Crippen LogP contribution in [0.5, 0.6) is 0 Å². The molecule has 0 spiro atoms. The summed E-state index contributed by atoms with van der Waals surface area (Å²) in [5.74, 6) is 0.808. The Kier molecular flexibility index (Phi) is 6.63. The Hall–Kier alpha value is -0.430. The van der Waals surface area contributed by atoms with Crippen LogP contribution in [0.25, 0.3) is 0 Å². The van der Waals surface area contributed by atoms with Crippen LogP contribution in [-0.2, 0) is 6.42 Å². The van der Waals surface area contributed by atoms with E-state index in [1.165, 1.54) is 44.1 Å². The average molecular weight is 236 g/mol. The van der Waals surface area contributed by atoms with Gasteiger partial charge in [0.1, 0.15) is 0 Å². The van der Waals surface area contributed by atoms with E-state index in [9.17, 15) is 0 Å². The molecule has 0 radical (unpaired) electrons. The quantitative estimate of drug-likeness (QED) is 0.493. The predicted molar refractivity (Wildman–Crippen MR) is 75.3 cm³/mol. The first kappa shape index (κ1) is 13.6. The third-order valence-electron chi connectivity index (χ3n) is 3.07. The molecule has 1 heteroatoms. The number of benzene rings is 1. The summed E-state index contributed by atoms with van der Waals surface area (Å²) in [6.45, 7) is 4.63. The van der Waals surface area contributed by atoms with Crippen LogP contribution in [-0.4, -0.2) is 0 Å². The molecule has 1 atom stereocenters. The lowest BCUT2D eigenvalue weighted by atomic mass is 9.95. The molecule has 0 bridgehead atoms. The summed E-state index contributed by atoms with van der Waals surface area (Å²) >= 11 is 4.30. The van der Waals surface area contributed by atoms with E-state index in [1.807, 2.05) is 0 Å². The first-order valence-electron chi connectivity index (χ1n) is 6.50. The number of hydrogen-bond donors (Lipinski definition) is 1. The van der Waals surface area contributed by atoms with Crippen molar-refractivity contribution in [1.29, 1.82) is 0 Å². The van der Waals surface area contributed by atoms with Gasteiger partial charge in [-0.1, -0.05) is 58.1 Å². The summed E-state index contributed by atoms with van der Waals surface area (Å²) in [5.41, 5.74) is 1.45. The lowest BCUT2D eigenvalue weighted by Gasteiger charge is -2.11. The number of thiol groups is 1. The highest BCUT2D eigenvalue weighted by Crippen LogP contribution is 2.17. The molecule has 0 aromatic heterocycles. The van der Waals surface area contributed by atoms with Crippen molar-refractivity contribution < 1.29 is 0 Å². The maximum atomic E-state index is 4.30. The van der Waals surface area contributed by atoms with Crippen molar-refractivity contribution in [2.75, 3.05) is 0 Å². The van der Waals surface area contributed by atoms with Crippen LogP contribution in [0.1, 0.15) is 51.5 Å². The lowest BCUT2D eigenvalue weighted by Crippen LogP contribution is -1.99. The minimum atomic E-state index is 0.808. The fraction of sp³-hybridized carbons (Fsp3) is 0.600. The molecule has 1 aromatic rings. The maximum absolute atomic E-state index is 4.30. The van der Waals surface area contributed by atoms with Crippen molar-refractivity contribution in [1.82, 2.24) is 0 Å². The molecule has 0 aliphatic carbocycles. The normalized spacial score (nSPS) is 12.7. The second-order valence-corrected chi connectivity index (χ2v) is 5.34. The van der Waals surface area contributed by atoms with Gasteiger partial charge in [0.25, 0.3) is 0 Å². The molecular weight excluding hydrogens is 212 g/mol. The van der Waals surface area contributed by atoms with Crippen LogP contribution in [0.4, 0.5) is 0 Å². The van der Waals surface area contributed by atoms with Gasteiger partial charge in [0.05, 0.1) is 0 Å². The third kappa shape index (κ3) is 5.60. The fourth-order valence-electron chi connectivity index (χ4n) is 2.06. The molecule has 0 N–H and O–H groups in total. The highest BCUT2D eigenvalue weighted by Gasteiger charge is 2.03. The van der Waals surface area contributed by atoms with Gasteiger partial charge in [0, 0.05) is 4.90 Å². The van der Waals surface area contributed by atoms with Crippen molar-refractivity contribution in [3.05, 3.63) is 29.8 Å². The Bertz CT molecular complexity index is 276. The maximum Gasteiger partial charge on any atom is 0.00401 e. The molecule has 0 saturated heterocycles. The van der Waals surface area contributed by atoms with Crippen LogP contribution < -0.4 is 0 Å². The summed E-state index contributed by atoms with van der Waals surface area (Å²) in [6.07, 6.45) is 8.08. The van der Waals surface area contributed by atoms with Gasteiger partial charge in [-0.3, -0.25) is 0 Å². The molecule has 0 aliphatic heterocycles. The summed E-state index contributed by atoms with van der Waals surface area (Å²) in [5, 5.41) is 0. The van der Waals surface area contributed by atoms with Gasteiger partial charge in [-0.05, 0) is 30.0 Å². The van der Waals surface area contributed by atoms with Crippen molar-refractivity contribution in [2.24, 2.45) is 5.92 Å². The fourth-order valence-corrected chi connectivity index (χ4v) is 2.21. The van der Waals surface area contributed by atoms with E-state index in [0.29, 0.717) is 0 Å². The molecule has 0 saturated carbocycles. The zero-order valence-electron chi connectivity index (χ0n) is 10.6. The van der Waals surface area contributed by atoms with Crippen LogP contribution >= 0.6 is 12.6 Å². The molecule has 0 amide bonds. The van der Waals surface area contributed by atoms with Gasteiger partial charge in [0.15, 0.2) is 0 Å². The molecule has 0 aliphatic rings. The topological polar surface area (TPSA) is 0 Å². The largest absolute Gasteiger partial charge is 0.143 e. The second kappa shape index (κ2) is 7.78. The van der Waals surface area contributed by atoms with E-state index in [0.717, 1.165) is 10.8 Å². The minimum absolute atomic E-state index is 0.808. The molecule has 90 valence electrons. The molecule has 0 nitrogen and oxygen atoms in total. The number of hydrogen-bond acceptors (Lipinski definition) is 1. The van der Waals surface area contributed by atoms with Gasteiger partial charge >= 0.3 is 0 Å². The average Bonchev–Trinajstić information content (AvgIpc) is 2.28. The van der Waals surface area contributed by atoms with Gasteiger partial charge in [-0.15, -0.1) is 12.6 Å². The summed E-state index contributed by atoms with van der Waals surface area (Å²) < 4.78 is 0. The third-order valence-corrected chi connectivity index (χ3v) is 3.37. The van der Waals surface area contributed by atoms with Crippen molar-refractivity contribution >= 4 is 12.6 Å². The number of unbranched alkanes of at least 4 members (excludes halogenated alkanes) is 3. The van der Waals surface area contributed by atoms with Gasteiger partial charge in [-0.25, -0.2) is 0 Å². The summed E-state index contributed by atoms with van der Waals surface area (Å²) in [4.78, 5) is 1.05. The van der Waals surface area contributed by atoms with Crippen LogP contribution in [0, 0.1) is 5.92 Å². The smallest absolute Gasteiger partial charge is 0.00401 e. The molecule has 0 fully saturated rings.